The SMILES string of the molecule is CC(Oc1ccc(Cl)cc1Cl)C(=O)N/N=C/c1cc(Cl)ccc1O. The highest BCUT2D eigenvalue weighted by Gasteiger charge is 2.15. The van der Waals surface area contributed by atoms with Gasteiger partial charge in [-0.2, -0.15) is 5.10 Å². The third kappa shape index (κ3) is 5.03. The first-order valence-corrected chi connectivity index (χ1v) is 7.93. The van der Waals surface area contributed by atoms with Crippen LogP contribution in [0, 0.1) is 0 Å². The van der Waals surface area contributed by atoms with Crippen LogP contribution in [-0.4, -0.2) is 23.3 Å². The third-order valence-corrected chi connectivity index (χ3v) is 3.70. The molecule has 1 amide bonds. The first-order valence-electron chi connectivity index (χ1n) is 6.80. The number of hydrogen-bond donors (Lipinski definition) is 2. The molecule has 1 unspecified atom stereocenters. The molecule has 0 aliphatic heterocycles. The Labute approximate surface area is 153 Å². The van der Waals surface area contributed by atoms with Crippen molar-refractivity contribution >= 4 is 46.9 Å². The van der Waals surface area contributed by atoms with E-state index in [-0.39, 0.29) is 5.75 Å². The van der Waals surface area contributed by atoms with Gasteiger partial charge >= 0.3 is 0 Å². The highest BCUT2D eigenvalue weighted by atomic mass is 35.5. The van der Waals surface area contributed by atoms with E-state index in [9.17, 15) is 9.90 Å². The molecular weight excluding hydrogens is 375 g/mol. The number of aromatic hydroxyl groups is 1. The summed E-state index contributed by atoms with van der Waals surface area (Å²) in [6, 6.07) is 9.18. The van der Waals surface area contributed by atoms with Gasteiger partial charge in [-0.1, -0.05) is 34.8 Å². The van der Waals surface area contributed by atoms with Crippen LogP contribution in [0.4, 0.5) is 0 Å². The molecule has 0 fully saturated rings. The van der Waals surface area contributed by atoms with E-state index in [1.807, 2.05) is 0 Å². The molecule has 0 radical (unpaired) electrons. The fourth-order valence-electron chi connectivity index (χ4n) is 1.70. The van der Waals surface area contributed by atoms with Crippen molar-refractivity contribution in [2.24, 2.45) is 5.10 Å². The normalized spacial score (nSPS) is 12.2. The summed E-state index contributed by atoms with van der Waals surface area (Å²) in [4.78, 5) is 12.0. The first-order chi connectivity index (χ1) is 11.4. The molecule has 0 bridgehead atoms. The number of carbonyl (C=O) groups excluding carboxylic acids is 1. The van der Waals surface area contributed by atoms with Gasteiger partial charge in [-0.15, -0.1) is 0 Å². The maximum Gasteiger partial charge on any atom is 0.280 e. The number of hydrogen-bond acceptors (Lipinski definition) is 4. The second-order valence-corrected chi connectivity index (χ2v) is 6.05. The van der Waals surface area contributed by atoms with E-state index in [0.717, 1.165) is 0 Å². The number of phenols is 1. The van der Waals surface area contributed by atoms with Gasteiger partial charge < -0.3 is 9.84 Å². The van der Waals surface area contributed by atoms with Gasteiger partial charge in [-0.25, -0.2) is 5.43 Å². The quantitative estimate of drug-likeness (QED) is 0.594. The van der Waals surface area contributed by atoms with Crippen molar-refractivity contribution in [3.63, 3.8) is 0 Å². The molecule has 2 rings (SSSR count). The summed E-state index contributed by atoms with van der Waals surface area (Å²) in [5.74, 6) is -0.159. The van der Waals surface area contributed by atoms with Crippen molar-refractivity contribution in [1.29, 1.82) is 0 Å². The highest BCUT2D eigenvalue weighted by molar-refractivity contribution is 6.35. The Morgan fingerprint density at radius 3 is 2.58 bits per heavy atom. The van der Waals surface area contributed by atoms with Crippen molar-refractivity contribution in [1.82, 2.24) is 5.43 Å². The van der Waals surface area contributed by atoms with Crippen LogP contribution in [0.15, 0.2) is 41.5 Å². The summed E-state index contributed by atoms with van der Waals surface area (Å²) in [6.07, 6.45) is 0.440. The fourth-order valence-corrected chi connectivity index (χ4v) is 2.33. The van der Waals surface area contributed by atoms with Gasteiger partial charge in [0.15, 0.2) is 6.10 Å². The molecule has 2 aromatic carbocycles. The van der Waals surface area contributed by atoms with Gasteiger partial charge in [0, 0.05) is 15.6 Å². The van der Waals surface area contributed by atoms with Crippen LogP contribution in [-0.2, 0) is 4.79 Å². The molecule has 8 heteroatoms. The Bertz CT molecular complexity index is 781. The molecule has 1 atom stereocenters. The molecule has 2 N–H and O–H groups in total. The second-order valence-electron chi connectivity index (χ2n) is 4.77. The fraction of sp³-hybridized carbons (Fsp3) is 0.125. The maximum absolute atomic E-state index is 12.0. The molecule has 2 aromatic rings. The predicted molar refractivity (Wildman–Crippen MR) is 95.4 cm³/mol. The third-order valence-electron chi connectivity index (χ3n) is 2.93. The molecule has 0 aliphatic rings. The van der Waals surface area contributed by atoms with Crippen LogP contribution >= 0.6 is 34.8 Å². The Balaban J connectivity index is 1.96. The predicted octanol–water partition coefficient (Wildman–Crippen LogP) is 4.27. The van der Waals surface area contributed by atoms with E-state index >= 15 is 0 Å². The summed E-state index contributed by atoms with van der Waals surface area (Å²) in [5, 5.41) is 14.6. The van der Waals surface area contributed by atoms with Crippen molar-refractivity contribution in [2.75, 3.05) is 0 Å². The van der Waals surface area contributed by atoms with Crippen LogP contribution in [0.5, 0.6) is 11.5 Å². The number of phenolic OH excluding ortho intramolecular Hbond substituents is 1. The van der Waals surface area contributed by atoms with E-state index in [4.69, 9.17) is 39.5 Å². The number of hydrazone groups is 1. The van der Waals surface area contributed by atoms with Gasteiger partial charge in [-0.3, -0.25) is 4.79 Å². The molecule has 5 nitrogen and oxygen atoms in total. The summed E-state index contributed by atoms with van der Waals surface area (Å²) < 4.78 is 5.46. The lowest BCUT2D eigenvalue weighted by molar-refractivity contribution is -0.127. The number of halogens is 3. The van der Waals surface area contributed by atoms with Crippen molar-refractivity contribution in [3.05, 3.63) is 57.0 Å². The van der Waals surface area contributed by atoms with Crippen LogP contribution in [0.25, 0.3) is 0 Å². The smallest absolute Gasteiger partial charge is 0.280 e. The molecule has 126 valence electrons. The summed E-state index contributed by atoms with van der Waals surface area (Å²) in [5.41, 5.74) is 2.68. The zero-order chi connectivity index (χ0) is 17.7. The van der Waals surface area contributed by atoms with Crippen molar-refractivity contribution in [2.45, 2.75) is 13.0 Å². The Kier molecular flexibility index (Phi) is 6.31. The number of carbonyl (C=O) groups is 1. The van der Waals surface area contributed by atoms with Crippen LogP contribution in [0.1, 0.15) is 12.5 Å². The highest BCUT2D eigenvalue weighted by Crippen LogP contribution is 2.28. The zero-order valence-electron chi connectivity index (χ0n) is 12.5. The molecule has 0 aromatic heterocycles. The second kappa shape index (κ2) is 8.24. The Morgan fingerprint density at radius 1 is 1.21 bits per heavy atom. The van der Waals surface area contributed by atoms with Crippen LogP contribution < -0.4 is 10.2 Å². The lowest BCUT2D eigenvalue weighted by Crippen LogP contribution is -2.33. The van der Waals surface area contributed by atoms with E-state index in [2.05, 4.69) is 10.5 Å². The minimum absolute atomic E-state index is 0.00496. The molecule has 0 saturated heterocycles. The standard InChI is InChI=1S/C16H13Cl3N2O3/c1-9(24-15-5-3-12(18)7-13(15)19)16(23)21-20-8-10-6-11(17)2-4-14(10)22/h2-9,22H,1H3,(H,21,23)/b20-8+. The zero-order valence-corrected chi connectivity index (χ0v) is 14.7. The molecule has 0 saturated carbocycles. The van der Waals surface area contributed by atoms with Gasteiger partial charge in [0.2, 0.25) is 0 Å². The molecule has 0 aliphatic carbocycles. The number of benzene rings is 2. The average Bonchev–Trinajstić information content (AvgIpc) is 2.53. The average molecular weight is 388 g/mol. The van der Waals surface area contributed by atoms with E-state index < -0.39 is 12.0 Å². The minimum Gasteiger partial charge on any atom is -0.507 e. The lowest BCUT2D eigenvalue weighted by atomic mass is 10.2. The molecular formula is C16H13Cl3N2O3. The van der Waals surface area contributed by atoms with Crippen LogP contribution in [0.2, 0.25) is 15.1 Å². The number of ether oxygens (including phenoxy) is 1. The Morgan fingerprint density at radius 2 is 1.88 bits per heavy atom. The number of rotatable bonds is 5. The minimum atomic E-state index is -0.839. The summed E-state index contributed by atoms with van der Waals surface area (Å²) in [6.45, 7) is 1.55. The summed E-state index contributed by atoms with van der Waals surface area (Å²) in [7, 11) is 0. The monoisotopic (exact) mass is 386 g/mol. The van der Waals surface area contributed by atoms with Crippen LogP contribution in [0.3, 0.4) is 0 Å². The number of nitrogens with zero attached hydrogens (tertiary/aromatic N) is 1. The summed E-state index contributed by atoms with van der Waals surface area (Å²) >= 11 is 17.6. The molecule has 0 spiro atoms. The van der Waals surface area contributed by atoms with Crippen molar-refractivity contribution in [3.8, 4) is 11.5 Å². The van der Waals surface area contributed by atoms with Gasteiger partial charge in [0.05, 0.1) is 11.2 Å². The van der Waals surface area contributed by atoms with E-state index in [0.29, 0.717) is 26.4 Å². The Hall–Kier alpha value is -1.95. The maximum atomic E-state index is 12.0. The first kappa shape index (κ1) is 18.4. The topological polar surface area (TPSA) is 70.9 Å². The van der Waals surface area contributed by atoms with E-state index in [1.165, 1.54) is 24.4 Å². The number of amides is 1. The van der Waals surface area contributed by atoms with Gasteiger partial charge in [0.1, 0.15) is 11.5 Å². The molecule has 24 heavy (non-hydrogen) atoms. The van der Waals surface area contributed by atoms with Gasteiger partial charge in [-0.05, 0) is 43.3 Å². The number of nitrogens with one attached hydrogen (secondary N) is 1. The van der Waals surface area contributed by atoms with Gasteiger partial charge in [0.25, 0.3) is 5.91 Å². The van der Waals surface area contributed by atoms with E-state index in [1.54, 1.807) is 25.1 Å². The molecule has 0 heterocycles. The largest absolute Gasteiger partial charge is 0.507 e. The van der Waals surface area contributed by atoms with Crippen molar-refractivity contribution < 1.29 is 14.6 Å². The lowest BCUT2D eigenvalue weighted by Gasteiger charge is -2.14.